The van der Waals surface area contributed by atoms with E-state index in [1.807, 2.05) is 18.2 Å². The van der Waals surface area contributed by atoms with Gasteiger partial charge in [-0.3, -0.25) is 9.10 Å². The van der Waals surface area contributed by atoms with E-state index >= 15 is 0 Å². The van der Waals surface area contributed by atoms with Crippen LogP contribution in [0.2, 0.25) is 5.02 Å². The first-order chi connectivity index (χ1) is 14.8. The van der Waals surface area contributed by atoms with Crippen LogP contribution in [0.4, 0.5) is 11.4 Å². The van der Waals surface area contributed by atoms with Crippen LogP contribution in [0.1, 0.15) is 21.5 Å². The maximum atomic E-state index is 12.6. The van der Waals surface area contributed by atoms with Crippen LogP contribution in [0.15, 0.2) is 72.8 Å². The standard InChI is InChI=1S/C23H23ClN2O4S/c1-30-16-18-6-5-7-20(14-18)25-23(27)19-12-10-17(11-13-19)15-26(31(2,28)29)22-9-4-3-8-21(22)24/h3-14H,15-16H2,1-2H3,(H,25,27). The second kappa shape index (κ2) is 9.96. The number of carbonyl (C=O) groups is 1. The molecular formula is C23H23ClN2O4S. The van der Waals surface area contributed by atoms with E-state index < -0.39 is 10.0 Å². The van der Waals surface area contributed by atoms with Gasteiger partial charge in [0.05, 0.1) is 30.1 Å². The van der Waals surface area contributed by atoms with Gasteiger partial charge in [-0.1, -0.05) is 48.0 Å². The van der Waals surface area contributed by atoms with Crippen LogP contribution in [-0.2, 0) is 27.9 Å². The summed E-state index contributed by atoms with van der Waals surface area (Å²) in [5, 5.41) is 3.20. The highest BCUT2D eigenvalue weighted by Gasteiger charge is 2.20. The van der Waals surface area contributed by atoms with Crippen molar-refractivity contribution in [1.82, 2.24) is 0 Å². The van der Waals surface area contributed by atoms with Gasteiger partial charge in [-0.15, -0.1) is 0 Å². The summed E-state index contributed by atoms with van der Waals surface area (Å²) in [7, 11) is -1.94. The van der Waals surface area contributed by atoms with Gasteiger partial charge >= 0.3 is 0 Å². The first-order valence-electron chi connectivity index (χ1n) is 9.48. The molecule has 0 atom stereocenters. The predicted octanol–water partition coefficient (Wildman–Crippen LogP) is 4.70. The summed E-state index contributed by atoms with van der Waals surface area (Å²) in [5.41, 5.74) is 3.22. The van der Waals surface area contributed by atoms with Crippen LogP contribution in [0, 0.1) is 0 Å². The highest BCUT2D eigenvalue weighted by molar-refractivity contribution is 7.92. The molecule has 0 aliphatic heterocycles. The molecule has 0 aliphatic carbocycles. The molecule has 8 heteroatoms. The van der Waals surface area contributed by atoms with Gasteiger partial charge in [-0.25, -0.2) is 8.42 Å². The van der Waals surface area contributed by atoms with Crippen LogP contribution in [0.25, 0.3) is 0 Å². The van der Waals surface area contributed by atoms with E-state index in [1.165, 1.54) is 4.31 Å². The van der Waals surface area contributed by atoms with Crippen molar-refractivity contribution in [3.8, 4) is 0 Å². The molecule has 3 aromatic rings. The van der Waals surface area contributed by atoms with Crippen LogP contribution in [0.5, 0.6) is 0 Å². The van der Waals surface area contributed by atoms with Crippen molar-refractivity contribution < 1.29 is 17.9 Å². The molecule has 0 spiro atoms. The number of carbonyl (C=O) groups excluding carboxylic acids is 1. The molecule has 0 saturated heterocycles. The van der Waals surface area contributed by atoms with Crippen molar-refractivity contribution in [2.75, 3.05) is 23.0 Å². The summed E-state index contributed by atoms with van der Waals surface area (Å²) >= 11 is 6.20. The molecule has 0 bridgehead atoms. The molecule has 0 radical (unpaired) electrons. The molecule has 0 saturated carbocycles. The van der Waals surface area contributed by atoms with Crippen molar-refractivity contribution in [2.45, 2.75) is 13.2 Å². The van der Waals surface area contributed by atoms with Gasteiger partial charge in [0.25, 0.3) is 5.91 Å². The van der Waals surface area contributed by atoms with Crippen LogP contribution < -0.4 is 9.62 Å². The van der Waals surface area contributed by atoms with Gasteiger partial charge in [0.15, 0.2) is 0 Å². The Morgan fingerprint density at radius 1 is 1.00 bits per heavy atom. The molecule has 0 aromatic heterocycles. The second-order valence-corrected chi connectivity index (χ2v) is 9.32. The highest BCUT2D eigenvalue weighted by Crippen LogP contribution is 2.28. The second-order valence-electron chi connectivity index (χ2n) is 7.01. The number of sulfonamides is 1. The van der Waals surface area contributed by atoms with E-state index in [1.54, 1.807) is 61.7 Å². The molecule has 6 nitrogen and oxygen atoms in total. The Kier molecular flexibility index (Phi) is 7.33. The molecule has 3 rings (SSSR count). The largest absolute Gasteiger partial charge is 0.380 e. The van der Waals surface area contributed by atoms with Gasteiger partial charge in [-0.05, 0) is 47.5 Å². The van der Waals surface area contributed by atoms with E-state index in [-0.39, 0.29) is 12.5 Å². The quantitative estimate of drug-likeness (QED) is 0.530. The van der Waals surface area contributed by atoms with Gasteiger partial charge in [0.2, 0.25) is 10.0 Å². The number of nitrogens with zero attached hydrogens (tertiary/aromatic N) is 1. The lowest BCUT2D eigenvalue weighted by atomic mass is 10.1. The minimum atomic E-state index is -3.56. The van der Waals surface area contributed by atoms with Crippen LogP contribution >= 0.6 is 11.6 Å². The summed E-state index contributed by atoms with van der Waals surface area (Å²) in [5.74, 6) is -0.257. The summed E-state index contributed by atoms with van der Waals surface area (Å²) < 4.78 is 31.0. The SMILES string of the molecule is COCc1cccc(NC(=O)c2ccc(CN(c3ccccc3Cl)S(C)(=O)=O)cc2)c1. The number of hydrogen-bond donors (Lipinski definition) is 1. The number of para-hydroxylation sites is 1. The van der Waals surface area contributed by atoms with Gasteiger partial charge in [0, 0.05) is 18.4 Å². The number of halogens is 1. The van der Waals surface area contributed by atoms with Gasteiger partial charge in [0.1, 0.15) is 0 Å². The van der Waals surface area contributed by atoms with Crippen molar-refractivity contribution >= 4 is 38.9 Å². The third kappa shape index (κ3) is 6.07. The molecule has 0 aliphatic rings. The van der Waals surface area contributed by atoms with E-state index in [9.17, 15) is 13.2 Å². The van der Waals surface area contributed by atoms with Gasteiger partial charge in [-0.2, -0.15) is 0 Å². The minimum Gasteiger partial charge on any atom is -0.380 e. The van der Waals surface area contributed by atoms with Crippen molar-refractivity contribution in [1.29, 1.82) is 0 Å². The molecule has 162 valence electrons. The number of rotatable bonds is 8. The van der Waals surface area contributed by atoms with E-state index in [0.717, 1.165) is 17.4 Å². The molecule has 0 heterocycles. The Balaban J connectivity index is 1.75. The molecule has 1 N–H and O–H groups in total. The fraction of sp³-hybridized carbons (Fsp3) is 0.174. The Labute approximate surface area is 187 Å². The Bertz CT molecular complexity index is 1160. The molecular weight excluding hydrogens is 436 g/mol. The van der Waals surface area contributed by atoms with Crippen molar-refractivity contribution in [2.24, 2.45) is 0 Å². The maximum absolute atomic E-state index is 12.6. The number of benzene rings is 3. The van der Waals surface area contributed by atoms with E-state index in [0.29, 0.717) is 28.6 Å². The zero-order valence-electron chi connectivity index (χ0n) is 17.2. The third-order valence-electron chi connectivity index (χ3n) is 4.56. The van der Waals surface area contributed by atoms with Crippen molar-refractivity contribution in [3.63, 3.8) is 0 Å². The van der Waals surface area contributed by atoms with Crippen LogP contribution in [-0.4, -0.2) is 27.7 Å². The molecule has 31 heavy (non-hydrogen) atoms. The lowest BCUT2D eigenvalue weighted by Gasteiger charge is -2.23. The van der Waals surface area contributed by atoms with Crippen molar-refractivity contribution in [3.05, 3.63) is 94.5 Å². The lowest BCUT2D eigenvalue weighted by Crippen LogP contribution is -2.29. The summed E-state index contributed by atoms with van der Waals surface area (Å²) in [6.45, 7) is 0.560. The number of nitrogens with one attached hydrogen (secondary N) is 1. The maximum Gasteiger partial charge on any atom is 0.255 e. The number of anilines is 2. The average Bonchev–Trinajstić information content (AvgIpc) is 2.73. The minimum absolute atomic E-state index is 0.101. The zero-order chi connectivity index (χ0) is 22.4. The topological polar surface area (TPSA) is 75.7 Å². The Morgan fingerprint density at radius 3 is 2.35 bits per heavy atom. The first kappa shape index (κ1) is 22.8. The highest BCUT2D eigenvalue weighted by atomic mass is 35.5. The monoisotopic (exact) mass is 458 g/mol. The molecule has 0 unspecified atom stereocenters. The Morgan fingerprint density at radius 2 is 1.71 bits per heavy atom. The fourth-order valence-electron chi connectivity index (χ4n) is 3.07. The van der Waals surface area contributed by atoms with E-state index in [4.69, 9.17) is 16.3 Å². The fourth-order valence-corrected chi connectivity index (χ4v) is 4.26. The first-order valence-corrected chi connectivity index (χ1v) is 11.7. The van der Waals surface area contributed by atoms with Gasteiger partial charge < -0.3 is 10.1 Å². The summed E-state index contributed by atoms with van der Waals surface area (Å²) in [6.07, 6.45) is 1.13. The lowest BCUT2D eigenvalue weighted by molar-refractivity contribution is 0.102. The summed E-state index contributed by atoms with van der Waals surface area (Å²) in [6, 6.07) is 21.0. The zero-order valence-corrected chi connectivity index (χ0v) is 18.8. The number of amides is 1. The number of methoxy groups -OCH3 is 1. The predicted molar refractivity (Wildman–Crippen MR) is 124 cm³/mol. The smallest absolute Gasteiger partial charge is 0.255 e. The molecule has 0 fully saturated rings. The Hall–Kier alpha value is -2.87. The third-order valence-corrected chi connectivity index (χ3v) is 6.01. The molecule has 1 amide bonds. The number of hydrogen-bond acceptors (Lipinski definition) is 4. The normalized spacial score (nSPS) is 11.2. The molecule has 3 aromatic carbocycles. The summed E-state index contributed by atoms with van der Waals surface area (Å²) in [4.78, 5) is 12.6. The van der Waals surface area contributed by atoms with Crippen LogP contribution in [0.3, 0.4) is 0 Å². The average molecular weight is 459 g/mol. The van der Waals surface area contributed by atoms with E-state index in [2.05, 4.69) is 5.32 Å². The number of ether oxygens (including phenoxy) is 1.